The van der Waals surface area contributed by atoms with Gasteiger partial charge in [-0.1, -0.05) is 11.6 Å². The van der Waals surface area contributed by atoms with Gasteiger partial charge in [-0.3, -0.25) is 24.4 Å². The first kappa shape index (κ1) is 23.8. The van der Waals surface area contributed by atoms with Crippen molar-refractivity contribution in [1.82, 2.24) is 9.97 Å². The molecule has 2 aromatic rings. The maximum absolute atomic E-state index is 11.7. The SMILES string of the molecule is CC(=O)O[C@@H]1[C@@H](OC(C)=O)[C@H](OC(C)=O)CS[C@H]1Oc1ccc(-c2cncc(Cl)c2)nc1. The van der Waals surface area contributed by atoms with E-state index in [1.54, 1.807) is 24.4 Å². The van der Waals surface area contributed by atoms with Crippen LogP contribution in [0.3, 0.4) is 0 Å². The van der Waals surface area contributed by atoms with Crippen molar-refractivity contribution in [2.24, 2.45) is 0 Å². The van der Waals surface area contributed by atoms with Gasteiger partial charge in [0.05, 0.1) is 16.9 Å². The van der Waals surface area contributed by atoms with Gasteiger partial charge in [-0.25, -0.2) is 0 Å². The maximum atomic E-state index is 11.7. The highest BCUT2D eigenvalue weighted by molar-refractivity contribution is 7.99. The Morgan fingerprint density at radius 2 is 1.66 bits per heavy atom. The summed E-state index contributed by atoms with van der Waals surface area (Å²) in [6, 6.07) is 5.18. The summed E-state index contributed by atoms with van der Waals surface area (Å²) < 4.78 is 22.0. The molecule has 0 spiro atoms. The van der Waals surface area contributed by atoms with Crippen LogP contribution in [0.25, 0.3) is 11.3 Å². The summed E-state index contributed by atoms with van der Waals surface area (Å²) in [7, 11) is 0. The Labute approximate surface area is 193 Å². The summed E-state index contributed by atoms with van der Waals surface area (Å²) in [4.78, 5) is 43.3. The maximum Gasteiger partial charge on any atom is 0.303 e. The molecule has 0 N–H and O–H groups in total. The van der Waals surface area contributed by atoms with Crippen molar-refractivity contribution in [1.29, 1.82) is 0 Å². The molecule has 0 aromatic carbocycles. The molecule has 9 nitrogen and oxygen atoms in total. The van der Waals surface area contributed by atoms with E-state index >= 15 is 0 Å². The van der Waals surface area contributed by atoms with Crippen LogP contribution in [0.4, 0.5) is 0 Å². The van der Waals surface area contributed by atoms with Crippen molar-refractivity contribution >= 4 is 41.3 Å². The van der Waals surface area contributed by atoms with Gasteiger partial charge in [0.1, 0.15) is 5.75 Å². The van der Waals surface area contributed by atoms with Gasteiger partial charge in [-0.2, -0.15) is 0 Å². The lowest BCUT2D eigenvalue weighted by Gasteiger charge is -2.39. The van der Waals surface area contributed by atoms with Gasteiger partial charge in [-0.15, -0.1) is 11.8 Å². The third-order valence-electron chi connectivity index (χ3n) is 4.29. The molecule has 1 aliphatic rings. The zero-order valence-corrected chi connectivity index (χ0v) is 19.1. The lowest BCUT2D eigenvalue weighted by atomic mass is 10.1. The van der Waals surface area contributed by atoms with E-state index in [0.29, 0.717) is 16.5 Å². The molecule has 0 amide bonds. The smallest absolute Gasteiger partial charge is 0.303 e. The molecule has 32 heavy (non-hydrogen) atoms. The molecule has 0 aliphatic carbocycles. The average molecular weight is 481 g/mol. The number of rotatable bonds is 6. The molecule has 1 aliphatic heterocycles. The Balaban J connectivity index is 1.81. The van der Waals surface area contributed by atoms with E-state index in [2.05, 4.69) is 9.97 Å². The molecule has 0 radical (unpaired) electrons. The van der Waals surface area contributed by atoms with E-state index < -0.39 is 41.7 Å². The molecule has 4 atom stereocenters. The second-order valence-corrected chi connectivity index (χ2v) is 8.45. The van der Waals surface area contributed by atoms with Crippen LogP contribution in [-0.2, 0) is 28.6 Å². The van der Waals surface area contributed by atoms with Crippen LogP contribution in [0.1, 0.15) is 20.8 Å². The molecule has 11 heteroatoms. The van der Waals surface area contributed by atoms with Gasteiger partial charge in [-0.05, 0) is 18.2 Å². The largest absolute Gasteiger partial charge is 0.474 e. The number of hydrogen-bond acceptors (Lipinski definition) is 10. The summed E-state index contributed by atoms with van der Waals surface area (Å²) in [6.45, 7) is 3.71. The van der Waals surface area contributed by atoms with Gasteiger partial charge in [0, 0.05) is 44.5 Å². The van der Waals surface area contributed by atoms with E-state index in [1.165, 1.54) is 44.9 Å². The molecule has 0 bridgehead atoms. The Morgan fingerprint density at radius 3 is 2.25 bits per heavy atom. The van der Waals surface area contributed by atoms with E-state index in [4.69, 9.17) is 30.5 Å². The minimum absolute atomic E-state index is 0.277. The average Bonchev–Trinajstić information content (AvgIpc) is 2.72. The molecule has 1 saturated heterocycles. The van der Waals surface area contributed by atoms with Gasteiger partial charge in [0.25, 0.3) is 0 Å². The molecule has 0 unspecified atom stereocenters. The zero-order chi connectivity index (χ0) is 23.3. The number of carbonyl (C=O) groups is 3. The fourth-order valence-corrected chi connectivity index (χ4v) is 4.51. The first-order valence-electron chi connectivity index (χ1n) is 9.60. The lowest BCUT2D eigenvalue weighted by Crippen LogP contribution is -2.55. The van der Waals surface area contributed by atoms with Crippen LogP contribution in [0.15, 0.2) is 36.8 Å². The number of thioether (sulfide) groups is 1. The fourth-order valence-electron chi connectivity index (χ4n) is 3.12. The Kier molecular flexibility index (Phi) is 7.92. The van der Waals surface area contributed by atoms with Gasteiger partial charge >= 0.3 is 17.9 Å². The summed E-state index contributed by atoms with van der Waals surface area (Å²) >= 11 is 7.25. The quantitative estimate of drug-likeness (QED) is 0.451. The fraction of sp³-hybridized carbons (Fsp3) is 0.381. The monoisotopic (exact) mass is 480 g/mol. The summed E-state index contributed by atoms with van der Waals surface area (Å²) in [5.74, 6) is -1.04. The van der Waals surface area contributed by atoms with Gasteiger partial charge in [0.2, 0.25) is 0 Å². The first-order valence-corrected chi connectivity index (χ1v) is 11.0. The topological polar surface area (TPSA) is 114 Å². The number of hydrogen-bond donors (Lipinski definition) is 0. The van der Waals surface area contributed by atoms with Crippen molar-refractivity contribution < 1.29 is 33.3 Å². The molecule has 1 fully saturated rings. The van der Waals surface area contributed by atoms with Crippen LogP contribution in [-0.4, -0.2) is 57.4 Å². The third kappa shape index (κ3) is 6.33. The Bertz CT molecular complexity index is 988. The molecule has 2 aromatic heterocycles. The van der Waals surface area contributed by atoms with Crippen LogP contribution in [0.2, 0.25) is 5.02 Å². The Hall–Kier alpha value is -2.85. The van der Waals surface area contributed by atoms with E-state index in [9.17, 15) is 14.4 Å². The molecule has 3 heterocycles. The number of nitrogens with zero attached hydrogens (tertiary/aromatic N) is 2. The first-order chi connectivity index (χ1) is 15.2. The molecular weight excluding hydrogens is 460 g/mol. The number of esters is 3. The molecule has 170 valence electrons. The predicted molar refractivity (Wildman–Crippen MR) is 116 cm³/mol. The number of halogens is 1. The van der Waals surface area contributed by atoms with Crippen LogP contribution in [0, 0.1) is 0 Å². The van der Waals surface area contributed by atoms with Crippen LogP contribution >= 0.6 is 23.4 Å². The van der Waals surface area contributed by atoms with Crippen LogP contribution in [0.5, 0.6) is 5.75 Å². The standard InChI is InChI=1S/C21H21ClN2O7S/c1-11(25)28-18-10-32-21(20(30-13(3)27)19(18)29-12(2)26)31-16-4-5-17(24-9-16)14-6-15(22)8-23-7-14/h4-9,18-21H,10H2,1-3H3/t18-,19+,20-,21-/m1/s1. The Morgan fingerprint density at radius 1 is 0.969 bits per heavy atom. The predicted octanol–water partition coefficient (Wildman–Crippen LogP) is 3.04. The summed E-state index contributed by atoms with van der Waals surface area (Å²) in [5, 5.41) is 0.492. The van der Waals surface area contributed by atoms with E-state index in [0.717, 1.165) is 5.56 Å². The number of ether oxygens (including phenoxy) is 4. The second-order valence-electron chi connectivity index (χ2n) is 6.89. The highest BCUT2D eigenvalue weighted by Gasteiger charge is 2.47. The lowest BCUT2D eigenvalue weighted by molar-refractivity contribution is -0.186. The van der Waals surface area contributed by atoms with Crippen molar-refractivity contribution in [2.75, 3.05) is 5.75 Å². The van der Waals surface area contributed by atoms with Gasteiger partial charge < -0.3 is 18.9 Å². The third-order valence-corrected chi connectivity index (χ3v) is 5.71. The zero-order valence-electron chi connectivity index (χ0n) is 17.5. The minimum atomic E-state index is -1.02. The van der Waals surface area contributed by atoms with Gasteiger partial charge in [0.15, 0.2) is 23.7 Å². The minimum Gasteiger partial charge on any atom is -0.474 e. The van der Waals surface area contributed by atoms with E-state index in [-0.39, 0.29) is 5.75 Å². The molecule has 0 saturated carbocycles. The number of pyridine rings is 2. The van der Waals surface area contributed by atoms with Crippen molar-refractivity contribution in [3.05, 3.63) is 41.8 Å². The summed E-state index contributed by atoms with van der Waals surface area (Å²) in [6.07, 6.45) is 1.87. The van der Waals surface area contributed by atoms with E-state index in [1.807, 2.05) is 0 Å². The summed E-state index contributed by atoms with van der Waals surface area (Å²) in [5.41, 5.74) is 0.663. The van der Waals surface area contributed by atoms with Crippen LogP contribution < -0.4 is 4.74 Å². The molecular formula is C21H21ClN2O7S. The number of carbonyl (C=O) groups excluding carboxylic acids is 3. The van der Waals surface area contributed by atoms with Crippen molar-refractivity contribution in [3.63, 3.8) is 0 Å². The second kappa shape index (κ2) is 10.6. The van der Waals surface area contributed by atoms with Crippen molar-refractivity contribution in [2.45, 2.75) is 44.5 Å². The highest BCUT2D eigenvalue weighted by atomic mass is 35.5. The number of aromatic nitrogens is 2. The molecule has 3 rings (SSSR count). The van der Waals surface area contributed by atoms with Crippen molar-refractivity contribution in [3.8, 4) is 17.0 Å². The normalized spacial score (nSPS) is 22.5. The highest BCUT2D eigenvalue weighted by Crippen LogP contribution is 2.34.